The Morgan fingerprint density at radius 3 is 0.803 bits per heavy atom. The molecule has 61 heavy (non-hydrogen) atoms. The first-order valence-corrected chi connectivity index (χ1v) is 27.2. The average Bonchev–Trinajstić information content (AvgIpc) is 3.23. The molecule has 0 bridgehead atoms. The summed E-state index contributed by atoms with van der Waals surface area (Å²) in [4.78, 5) is 38.0. The quantitative estimate of drug-likeness (QED) is 0.0344. The van der Waals surface area contributed by atoms with Crippen LogP contribution in [0.15, 0.2) is 0 Å². The maximum atomic E-state index is 12.8. The van der Waals surface area contributed by atoms with E-state index in [-0.39, 0.29) is 31.1 Å². The molecule has 0 amide bonds. The summed E-state index contributed by atoms with van der Waals surface area (Å²) in [6.45, 7) is 11.4. The van der Waals surface area contributed by atoms with Crippen LogP contribution in [0.3, 0.4) is 0 Å². The second-order valence-corrected chi connectivity index (χ2v) is 19.8. The van der Waals surface area contributed by atoms with E-state index >= 15 is 0 Å². The van der Waals surface area contributed by atoms with Crippen molar-refractivity contribution in [3.63, 3.8) is 0 Å². The van der Waals surface area contributed by atoms with Crippen molar-refractivity contribution in [1.82, 2.24) is 0 Å². The van der Waals surface area contributed by atoms with Crippen LogP contribution in [0, 0.1) is 11.8 Å². The molecule has 0 aromatic rings. The third-order valence-corrected chi connectivity index (χ3v) is 12.5. The first-order chi connectivity index (χ1) is 29.7. The van der Waals surface area contributed by atoms with E-state index in [2.05, 4.69) is 34.6 Å². The molecule has 0 aliphatic carbocycles. The van der Waals surface area contributed by atoms with E-state index in [4.69, 9.17) is 14.2 Å². The minimum absolute atomic E-state index is 0.0631. The first-order valence-electron chi connectivity index (χ1n) is 27.2. The van der Waals surface area contributed by atoms with E-state index < -0.39 is 6.10 Å². The summed E-state index contributed by atoms with van der Waals surface area (Å²) in [6.07, 6.45) is 49.5. The number of esters is 3. The van der Waals surface area contributed by atoms with Gasteiger partial charge in [0.15, 0.2) is 6.10 Å². The highest BCUT2D eigenvalue weighted by atomic mass is 16.6. The van der Waals surface area contributed by atoms with Gasteiger partial charge in [-0.15, -0.1) is 0 Å². The summed E-state index contributed by atoms with van der Waals surface area (Å²) >= 11 is 0. The Bertz CT molecular complexity index is 931. The van der Waals surface area contributed by atoms with Gasteiger partial charge in [0.05, 0.1) is 0 Å². The zero-order valence-electron chi connectivity index (χ0n) is 41.8. The molecule has 0 fully saturated rings. The fourth-order valence-corrected chi connectivity index (χ4v) is 8.34. The second-order valence-electron chi connectivity index (χ2n) is 19.8. The maximum Gasteiger partial charge on any atom is 0.306 e. The van der Waals surface area contributed by atoms with Crippen LogP contribution < -0.4 is 0 Å². The SMILES string of the molecule is CCCCCCCCCCCCC(=O)OC[C@@H](COC(=O)CCCCCCCCCCCCCCCCC(C)C)OC(=O)CCCCCCCCCCCCCCCC(C)C. The molecule has 0 radical (unpaired) electrons. The van der Waals surface area contributed by atoms with Gasteiger partial charge in [-0.05, 0) is 31.1 Å². The lowest BCUT2D eigenvalue weighted by Crippen LogP contribution is -2.30. The maximum absolute atomic E-state index is 12.8. The van der Waals surface area contributed by atoms with Gasteiger partial charge in [0.2, 0.25) is 0 Å². The summed E-state index contributed by atoms with van der Waals surface area (Å²) in [6, 6.07) is 0. The fraction of sp³-hybridized carbons (Fsp3) is 0.945. The van der Waals surface area contributed by atoms with Crippen LogP contribution in [0.4, 0.5) is 0 Å². The lowest BCUT2D eigenvalue weighted by Gasteiger charge is -2.18. The molecule has 0 saturated heterocycles. The van der Waals surface area contributed by atoms with Crippen LogP contribution in [-0.2, 0) is 28.6 Å². The molecule has 0 saturated carbocycles. The Morgan fingerprint density at radius 2 is 0.541 bits per heavy atom. The van der Waals surface area contributed by atoms with Crippen molar-refractivity contribution < 1.29 is 28.6 Å². The van der Waals surface area contributed by atoms with E-state index in [1.54, 1.807) is 0 Å². The van der Waals surface area contributed by atoms with Crippen molar-refractivity contribution >= 4 is 17.9 Å². The monoisotopic (exact) mass is 863 g/mol. The molecule has 0 rings (SSSR count). The van der Waals surface area contributed by atoms with E-state index in [9.17, 15) is 14.4 Å². The zero-order chi connectivity index (χ0) is 44.7. The zero-order valence-corrected chi connectivity index (χ0v) is 41.8. The molecule has 0 aromatic heterocycles. The smallest absolute Gasteiger partial charge is 0.306 e. The molecule has 6 heteroatoms. The highest BCUT2D eigenvalue weighted by Crippen LogP contribution is 2.18. The van der Waals surface area contributed by atoms with Crippen molar-refractivity contribution in [3.8, 4) is 0 Å². The van der Waals surface area contributed by atoms with E-state index in [0.717, 1.165) is 69.6 Å². The lowest BCUT2D eigenvalue weighted by atomic mass is 10.0. The normalized spacial score (nSPS) is 12.0. The third kappa shape index (κ3) is 49.3. The number of carbonyl (C=O) groups excluding carboxylic acids is 3. The summed E-state index contributed by atoms with van der Waals surface area (Å²) in [7, 11) is 0. The van der Waals surface area contributed by atoms with Crippen LogP contribution >= 0.6 is 0 Å². The summed E-state index contributed by atoms with van der Waals surface area (Å²) < 4.78 is 16.8. The Hall–Kier alpha value is -1.59. The molecule has 0 aliphatic heterocycles. The van der Waals surface area contributed by atoms with Crippen LogP contribution in [-0.4, -0.2) is 37.2 Å². The minimum atomic E-state index is -0.761. The van der Waals surface area contributed by atoms with Crippen molar-refractivity contribution in [1.29, 1.82) is 0 Å². The van der Waals surface area contributed by atoms with Gasteiger partial charge in [-0.25, -0.2) is 0 Å². The molecule has 1 atom stereocenters. The number of hydrogen-bond acceptors (Lipinski definition) is 6. The molecule has 6 nitrogen and oxygen atoms in total. The van der Waals surface area contributed by atoms with Crippen LogP contribution in [0.25, 0.3) is 0 Å². The summed E-state index contributed by atoms with van der Waals surface area (Å²) in [5, 5.41) is 0. The average molecular weight is 863 g/mol. The lowest BCUT2D eigenvalue weighted by molar-refractivity contribution is -0.167. The molecule has 0 aromatic carbocycles. The number of rotatable bonds is 49. The van der Waals surface area contributed by atoms with Crippen molar-refractivity contribution in [3.05, 3.63) is 0 Å². The van der Waals surface area contributed by atoms with Gasteiger partial charge in [-0.3, -0.25) is 14.4 Å². The highest BCUT2D eigenvalue weighted by Gasteiger charge is 2.19. The molecule has 0 unspecified atom stereocenters. The Morgan fingerprint density at radius 1 is 0.311 bits per heavy atom. The van der Waals surface area contributed by atoms with Crippen LogP contribution in [0.2, 0.25) is 0 Å². The number of carbonyl (C=O) groups is 3. The predicted molar refractivity (Wildman–Crippen MR) is 261 cm³/mol. The molecule has 0 heterocycles. The second kappa shape index (κ2) is 47.9. The Kier molecular flexibility index (Phi) is 46.6. The summed E-state index contributed by atoms with van der Waals surface area (Å²) in [5.41, 5.74) is 0. The van der Waals surface area contributed by atoms with Gasteiger partial charge < -0.3 is 14.2 Å². The topological polar surface area (TPSA) is 78.9 Å². The number of ether oxygens (including phenoxy) is 3. The largest absolute Gasteiger partial charge is 0.462 e. The minimum Gasteiger partial charge on any atom is -0.462 e. The molecule has 0 N–H and O–H groups in total. The predicted octanol–water partition coefficient (Wildman–Crippen LogP) is 17.7. The standard InChI is InChI=1S/C55H106O6/c1-6-7-8-9-10-11-25-30-35-40-45-53(56)59-48-52(61-55(58)47-42-37-32-27-22-18-14-16-20-24-29-34-39-44-51(4)5)49-60-54(57)46-41-36-31-26-21-17-13-12-15-19-23-28-33-38-43-50(2)3/h50-52H,6-49H2,1-5H3/t52-/m0/s1. The third-order valence-electron chi connectivity index (χ3n) is 12.5. The highest BCUT2D eigenvalue weighted by molar-refractivity contribution is 5.71. The van der Waals surface area contributed by atoms with Gasteiger partial charge in [-0.1, -0.05) is 266 Å². The van der Waals surface area contributed by atoms with Crippen LogP contribution in [0.5, 0.6) is 0 Å². The molecule has 362 valence electrons. The van der Waals surface area contributed by atoms with Gasteiger partial charge in [-0.2, -0.15) is 0 Å². The van der Waals surface area contributed by atoms with Crippen molar-refractivity contribution in [2.75, 3.05) is 13.2 Å². The van der Waals surface area contributed by atoms with Gasteiger partial charge >= 0.3 is 17.9 Å². The van der Waals surface area contributed by atoms with Gasteiger partial charge in [0, 0.05) is 19.3 Å². The van der Waals surface area contributed by atoms with Gasteiger partial charge in [0.25, 0.3) is 0 Å². The van der Waals surface area contributed by atoms with E-state index in [1.165, 1.54) is 193 Å². The van der Waals surface area contributed by atoms with Gasteiger partial charge in [0.1, 0.15) is 13.2 Å². The first kappa shape index (κ1) is 59.4. The van der Waals surface area contributed by atoms with Crippen molar-refractivity contribution in [2.24, 2.45) is 11.8 Å². The summed E-state index contributed by atoms with van der Waals surface area (Å²) in [5.74, 6) is 0.838. The van der Waals surface area contributed by atoms with Crippen molar-refractivity contribution in [2.45, 2.75) is 310 Å². The Balaban J connectivity index is 4.26. The number of hydrogen-bond donors (Lipinski definition) is 0. The number of unbranched alkanes of at least 4 members (excludes halogenated alkanes) is 34. The molecular formula is C55H106O6. The van der Waals surface area contributed by atoms with E-state index in [1.807, 2.05) is 0 Å². The molecule has 0 spiro atoms. The molecular weight excluding hydrogens is 757 g/mol. The Labute approximate surface area is 380 Å². The van der Waals surface area contributed by atoms with E-state index in [0.29, 0.717) is 19.3 Å². The molecule has 0 aliphatic rings. The fourth-order valence-electron chi connectivity index (χ4n) is 8.34. The van der Waals surface area contributed by atoms with Crippen LogP contribution in [0.1, 0.15) is 304 Å².